The summed E-state index contributed by atoms with van der Waals surface area (Å²) in [5.74, 6) is -0.518. The molecular formula is C24H22N2O2S. The number of rotatable bonds is 4. The number of benzene rings is 3. The van der Waals surface area contributed by atoms with Gasteiger partial charge in [0.1, 0.15) is 0 Å². The Morgan fingerprint density at radius 3 is 2.03 bits per heavy atom. The monoisotopic (exact) mass is 402 g/mol. The molecule has 4 rings (SSSR count). The van der Waals surface area contributed by atoms with Crippen molar-refractivity contribution in [2.75, 3.05) is 11.9 Å². The van der Waals surface area contributed by atoms with Gasteiger partial charge in [-0.05, 0) is 41.6 Å². The zero-order valence-corrected chi connectivity index (χ0v) is 17.2. The predicted molar refractivity (Wildman–Crippen MR) is 118 cm³/mol. The number of carbonyl (C=O) groups is 1. The second kappa shape index (κ2) is 7.76. The number of likely N-dealkylation sites (N-methyl/N-ethyl adjacent to an activating group) is 1. The van der Waals surface area contributed by atoms with Crippen LogP contribution in [-0.4, -0.2) is 28.3 Å². The summed E-state index contributed by atoms with van der Waals surface area (Å²) in [4.78, 5) is 16.1. The fourth-order valence-corrected chi connectivity index (χ4v) is 5.07. The average molecular weight is 403 g/mol. The topological polar surface area (TPSA) is 46.4 Å². The van der Waals surface area contributed by atoms with Crippen LogP contribution in [0.15, 0.2) is 95.9 Å². The number of amides is 1. The van der Waals surface area contributed by atoms with Crippen molar-refractivity contribution in [1.29, 1.82) is 0 Å². The van der Waals surface area contributed by atoms with Gasteiger partial charge < -0.3 is 10.1 Å². The molecule has 0 aliphatic carbocycles. The molecule has 0 aromatic heterocycles. The molecule has 0 bridgehead atoms. The SMILES string of the molecule is CN(C(=O)[C@@]1(C)[C@@H](c2ccccc2)C(Sc2ccccc2)=[N+]1[O-])c1ccccc1. The zero-order chi connectivity index (χ0) is 20.4. The molecule has 0 radical (unpaired) electrons. The molecule has 29 heavy (non-hydrogen) atoms. The number of hydrogen-bond donors (Lipinski definition) is 0. The number of hydrogen-bond acceptors (Lipinski definition) is 3. The molecule has 0 saturated carbocycles. The van der Waals surface area contributed by atoms with E-state index in [1.807, 2.05) is 91.0 Å². The van der Waals surface area contributed by atoms with Gasteiger partial charge in [-0.2, -0.15) is 4.74 Å². The van der Waals surface area contributed by atoms with Crippen molar-refractivity contribution in [3.05, 3.63) is 102 Å². The van der Waals surface area contributed by atoms with E-state index >= 15 is 0 Å². The van der Waals surface area contributed by atoms with E-state index in [-0.39, 0.29) is 11.8 Å². The van der Waals surface area contributed by atoms with Gasteiger partial charge in [-0.15, -0.1) is 0 Å². The zero-order valence-electron chi connectivity index (χ0n) is 16.4. The van der Waals surface area contributed by atoms with Crippen LogP contribution < -0.4 is 4.90 Å². The minimum atomic E-state index is -1.21. The van der Waals surface area contributed by atoms with Crippen molar-refractivity contribution in [3.8, 4) is 0 Å². The molecule has 3 aromatic carbocycles. The first kappa shape index (κ1) is 19.3. The number of carbonyl (C=O) groups excluding carboxylic acids is 1. The minimum absolute atomic E-state index is 0.218. The molecule has 0 N–H and O–H groups in total. The van der Waals surface area contributed by atoms with E-state index in [9.17, 15) is 10.0 Å². The minimum Gasteiger partial charge on any atom is -0.622 e. The highest BCUT2D eigenvalue weighted by Crippen LogP contribution is 2.47. The largest absolute Gasteiger partial charge is 0.622 e. The van der Waals surface area contributed by atoms with Crippen LogP contribution in [0.1, 0.15) is 18.4 Å². The van der Waals surface area contributed by atoms with Crippen molar-refractivity contribution in [1.82, 2.24) is 0 Å². The summed E-state index contributed by atoms with van der Waals surface area (Å²) in [5, 5.41) is 13.9. The van der Waals surface area contributed by atoms with Gasteiger partial charge >= 0.3 is 5.91 Å². The Kier molecular flexibility index (Phi) is 5.16. The third-order valence-corrected chi connectivity index (χ3v) is 6.53. The van der Waals surface area contributed by atoms with Crippen LogP contribution in [-0.2, 0) is 4.79 Å². The standard InChI is InChI=1S/C24H22N2O2S/c1-24(23(27)25(2)19-14-8-4-9-15-19)21(18-12-6-3-7-13-18)22(26(24)28)29-20-16-10-5-11-17-20/h3-17,21H,1-2H3/t21-,24+/m0/s1. The van der Waals surface area contributed by atoms with Gasteiger partial charge in [0, 0.05) is 24.6 Å². The highest BCUT2D eigenvalue weighted by molar-refractivity contribution is 8.14. The molecule has 1 amide bonds. The summed E-state index contributed by atoms with van der Waals surface area (Å²) in [6.45, 7) is 1.74. The lowest BCUT2D eigenvalue weighted by atomic mass is 9.75. The van der Waals surface area contributed by atoms with Crippen LogP contribution in [0.3, 0.4) is 0 Å². The molecular weight excluding hydrogens is 380 g/mol. The van der Waals surface area contributed by atoms with E-state index in [0.717, 1.165) is 20.9 Å². The van der Waals surface area contributed by atoms with Crippen molar-refractivity contribution in [2.24, 2.45) is 0 Å². The Hall–Kier alpha value is -3.05. The van der Waals surface area contributed by atoms with Gasteiger partial charge in [0.25, 0.3) is 5.54 Å². The smallest absolute Gasteiger partial charge is 0.300 e. The van der Waals surface area contributed by atoms with Crippen molar-refractivity contribution in [3.63, 3.8) is 0 Å². The van der Waals surface area contributed by atoms with E-state index in [0.29, 0.717) is 5.04 Å². The quantitative estimate of drug-likeness (QED) is 0.460. The van der Waals surface area contributed by atoms with Crippen LogP contribution >= 0.6 is 11.8 Å². The molecule has 4 nitrogen and oxygen atoms in total. The van der Waals surface area contributed by atoms with E-state index in [1.165, 1.54) is 11.8 Å². The number of para-hydroxylation sites is 1. The maximum atomic E-state index is 13.5. The Balaban J connectivity index is 1.74. The second-order valence-electron chi connectivity index (χ2n) is 7.24. The first-order valence-corrected chi connectivity index (χ1v) is 10.3. The number of nitrogens with zero attached hydrogens (tertiary/aromatic N) is 2. The summed E-state index contributed by atoms with van der Waals surface area (Å²) >= 11 is 1.43. The van der Waals surface area contributed by atoms with E-state index in [1.54, 1.807) is 18.9 Å². The van der Waals surface area contributed by atoms with E-state index in [4.69, 9.17) is 0 Å². The number of thioether (sulfide) groups is 1. The Bertz CT molecular complexity index is 1040. The molecule has 0 saturated heterocycles. The maximum absolute atomic E-state index is 13.5. The van der Waals surface area contributed by atoms with Gasteiger partial charge in [0.05, 0.1) is 0 Å². The third kappa shape index (κ3) is 3.32. The van der Waals surface area contributed by atoms with Crippen LogP contribution in [0.25, 0.3) is 0 Å². The number of hydroxylamine groups is 1. The lowest BCUT2D eigenvalue weighted by molar-refractivity contribution is -0.558. The molecule has 1 aliphatic heterocycles. The van der Waals surface area contributed by atoms with Crippen LogP contribution in [0, 0.1) is 5.21 Å². The summed E-state index contributed by atoms with van der Waals surface area (Å²) in [6.07, 6.45) is 0. The number of anilines is 1. The fourth-order valence-electron chi connectivity index (χ4n) is 3.78. The highest BCUT2D eigenvalue weighted by atomic mass is 32.2. The van der Waals surface area contributed by atoms with E-state index in [2.05, 4.69) is 0 Å². The summed E-state index contributed by atoms with van der Waals surface area (Å²) in [7, 11) is 1.72. The molecule has 5 heteroatoms. The third-order valence-electron chi connectivity index (χ3n) is 5.41. The molecule has 0 fully saturated rings. The van der Waals surface area contributed by atoms with Crippen molar-refractivity contribution < 1.29 is 9.53 Å². The van der Waals surface area contributed by atoms with Crippen LogP contribution in [0.5, 0.6) is 0 Å². The molecule has 0 unspecified atom stereocenters. The molecule has 2 atom stereocenters. The highest BCUT2D eigenvalue weighted by Gasteiger charge is 2.64. The van der Waals surface area contributed by atoms with Gasteiger partial charge in [0.2, 0.25) is 5.04 Å². The Morgan fingerprint density at radius 1 is 0.931 bits per heavy atom. The predicted octanol–water partition coefficient (Wildman–Crippen LogP) is 4.91. The molecule has 1 aliphatic rings. The van der Waals surface area contributed by atoms with Crippen LogP contribution in [0.4, 0.5) is 5.69 Å². The molecule has 1 heterocycles. The Morgan fingerprint density at radius 2 is 1.45 bits per heavy atom. The first-order chi connectivity index (χ1) is 14.0. The fraction of sp³-hybridized carbons (Fsp3) is 0.167. The molecule has 0 spiro atoms. The van der Waals surface area contributed by atoms with Gasteiger partial charge in [-0.3, -0.25) is 4.79 Å². The maximum Gasteiger partial charge on any atom is 0.300 e. The summed E-state index contributed by atoms with van der Waals surface area (Å²) in [6, 6.07) is 29.0. The normalized spacial score (nSPS) is 20.8. The molecule has 146 valence electrons. The van der Waals surface area contributed by atoms with Crippen LogP contribution in [0.2, 0.25) is 0 Å². The molecule has 3 aromatic rings. The first-order valence-electron chi connectivity index (χ1n) is 9.48. The van der Waals surface area contributed by atoms with Gasteiger partial charge in [-0.25, -0.2) is 0 Å². The second-order valence-corrected chi connectivity index (χ2v) is 8.33. The summed E-state index contributed by atoms with van der Waals surface area (Å²) in [5.41, 5.74) is 0.529. The van der Waals surface area contributed by atoms with E-state index < -0.39 is 5.54 Å². The van der Waals surface area contributed by atoms with Crippen molar-refractivity contribution >= 4 is 28.4 Å². The average Bonchev–Trinajstić information content (AvgIpc) is 2.79. The van der Waals surface area contributed by atoms with Crippen molar-refractivity contribution in [2.45, 2.75) is 23.3 Å². The lowest BCUT2D eigenvalue weighted by Gasteiger charge is -2.44. The Labute approximate surface area is 175 Å². The van der Waals surface area contributed by atoms with Gasteiger partial charge in [0.15, 0.2) is 5.92 Å². The van der Waals surface area contributed by atoms with Gasteiger partial charge in [-0.1, -0.05) is 66.7 Å². The summed E-state index contributed by atoms with van der Waals surface area (Å²) < 4.78 is 0.893. The lowest BCUT2D eigenvalue weighted by Crippen LogP contribution is -2.65.